The van der Waals surface area contributed by atoms with Crippen molar-refractivity contribution in [3.8, 4) is 0 Å². The second-order valence-corrected chi connectivity index (χ2v) is 5.57. The van der Waals surface area contributed by atoms with E-state index in [1.54, 1.807) is 0 Å². The quantitative estimate of drug-likeness (QED) is 0.686. The van der Waals surface area contributed by atoms with Crippen molar-refractivity contribution >= 4 is 10.8 Å². The zero-order chi connectivity index (χ0) is 10.3. The molecule has 3 heteroatoms. The topological polar surface area (TPSA) is 29.1 Å². The summed E-state index contributed by atoms with van der Waals surface area (Å²) in [5, 5.41) is 3.34. The van der Waals surface area contributed by atoms with Crippen LogP contribution in [0.5, 0.6) is 0 Å². The van der Waals surface area contributed by atoms with Crippen LogP contribution in [0.25, 0.3) is 0 Å². The first kappa shape index (κ1) is 13.1. The fourth-order valence-corrected chi connectivity index (χ4v) is 2.72. The Labute approximate surface area is 84.9 Å². The Morgan fingerprint density at radius 2 is 1.85 bits per heavy atom. The number of nitrogens with one attached hydrogen (secondary N) is 1. The van der Waals surface area contributed by atoms with E-state index >= 15 is 0 Å². The third-order valence-electron chi connectivity index (χ3n) is 1.70. The second-order valence-electron chi connectivity index (χ2n) is 4.02. The Bertz CT molecular complexity index is 148. The molecule has 0 saturated carbocycles. The summed E-state index contributed by atoms with van der Waals surface area (Å²) in [4.78, 5) is 0. The molecule has 0 aromatic rings. The average molecular weight is 205 g/mol. The molecule has 2 unspecified atom stereocenters. The van der Waals surface area contributed by atoms with Crippen LogP contribution in [-0.4, -0.2) is 28.3 Å². The third kappa shape index (κ3) is 8.44. The molecule has 2 nitrogen and oxygen atoms in total. The minimum Gasteiger partial charge on any atom is -0.313 e. The average Bonchev–Trinajstić information content (AvgIpc) is 1.98. The largest absolute Gasteiger partial charge is 0.313 e. The highest BCUT2D eigenvalue weighted by molar-refractivity contribution is 7.85. The smallest absolute Gasteiger partial charge is 0.0386 e. The number of hydrogen-bond acceptors (Lipinski definition) is 2. The van der Waals surface area contributed by atoms with Crippen LogP contribution in [0.2, 0.25) is 0 Å². The van der Waals surface area contributed by atoms with E-state index < -0.39 is 10.8 Å². The summed E-state index contributed by atoms with van der Waals surface area (Å²) in [6, 6.07) is 0.388. The van der Waals surface area contributed by atoms with E-state index in [0.717, 1.165) is 24.5 Å². The van der Waals surface area contributed by atoms with Crippen LogP contribution in [0.3, 0.4) is 0 Å². The van der Waals surface area contributed by atoms with Gasteiger partial charge in [-0.05, 0) is 25.8 Å². The zero-order valence-electron chi connectivity index (χ0n) is 9.30. The molecule has 0 aliphatic carbocycles. The first-order valence-corrected chi connectivity index (χ1v) is 6.63. The van der Waals surface area contributed by atoms with E-state index in [-0.39, 0.29) is 0 Å². The lowest BCUT2D eigenvalue weighted by atomic mass is 10.3. The van der Waals surface area contributed by atoms with Gasteiger partial charge in [-0.15, -0.1) is 0 Å². The van der Waals surface area contributed by atoms with E-state index in [4.69, 9.17) is 0 Å². The summed E-state index contributed by atoms with van der Waals surface area (Å²) < 4.78 is 11.5. The van der Waals surface area contributed by atoms with Crippen molar-refractivity contribution in [2.24, 2.45) is 5.92 Å². The molecule has 0 aromatic heterocycles. The van der Waals surface area contributed by atoms with Crippen molar-refractivity contribution < 1.29 is 4.21 Å². The Morgan fingerprint density at radius 1 is 1.23 bits per heavy atom. The standard InChI is InChI=1S/C10H23NOS/c1-5-6-11-10(4)8-13(12)7-9(2)3/h9-11H,5-8H2,1-4H3. The summed E-state index contributed by atoms with van der Waals surface area (Å²) in [7, 11) is -0.646. The minimum atomic E-state index is -0.646. The maximum atomic E-state index is 11.5. The lowest BCUT2D eigenvalue weighted by Gasteiger charge is -2.13. The molecule has 2 atom stereocenters. The van der Waals surface area contributed by atoms with Crippen molar-refractivity contribution in [1.82, 2.24) is 5.32 Å². The van der Waals surface area contributed by atoms with Gasteiger partial charge in [-0.2, -0.15) is 0 Å². The fourth-order valence-electron chi connectivity index (χ4n) is 1.17. The maximum absolute atomic E-state index is 11.5. The van der Waals surface area contributed by atoms with E-state index in [1.165, 1.54) is 0 Å². The van der Waals surface area contributed by atoms with Crippen LogP contribution in [0.15, 0.2) is 0 Å². The summed E-state index contributed by atoms with van der Waals surface area (Å²) in [5.74, 6) is 2.16. The van der Waals surface area contributed by atoms with Crippen molar-refractivity contribution in [3.63, 3.8) is 0 Å². The van der Waals surface area contributed by atoms with Gasteiger partial charge in [0.05, 0.1) is 0 Å². The SMILES string of the molecule is CCCNC(C)CS(=O)CC(C)C. The molecule has 1 N–H and O–H groups in total. The van der Waals surface area contributed by atoms with Crippen molar-refractivity contribution in [2.45, 2.75) is 40.2 Å². The monoisotopic (exact) mass is 205 g/mol. The van der Waals surface area contributed by atoms with E-state index in [2.05, 4.69) is 33.0 Å². The molecule has 0 aliphatic heterocycles. The first-order chi connectivity index (χ1) is 6.06. The molecule has 0 radical (unpaired) electrons. The highest BCUT2D eigenvalue weighted by Gasteiger charge is 2.07. The van der Waals surface area contributed by atoms with Crippen LogP contribution in [0.4, 0.5) is 0 Å². The zero-order valence-corrected chi connectivity index (χ0v) is 10.1. The third-order valence-corrected chi connectivity index (χ3v) is 3.61. The lowest BCUT2D eigenvalue weighted by molar-refractivity contribution is 0.579. The van der Waals surface area contributed by atoms with Crippen molar-refractivity contribution in [1.29, 1.82) is 0 Å². The van der Waals surface area contributed by atoms with Crippen molar-refractivity contribution in [2.75, 3.05) is 18.1 Å². The molecule has 0 bridgehead atoms. The van der Waals surface area contributed by atoms with Crippen LogP contribution in [0, 0.1) is 5.92 Å². The highest BCUT2D eigenvalue weighted by atomic mass is 32.2. The van der Waals surface area contributed by atoms with Crippen LogP contribution >= 0.6 is 0 Å². The van der Waals surface area contributed by atoms with Gasteiger partial charge in [0.2, 0.25) is 0 Å². The summed E-state index contributed by atoms with van der Waals surface area (Å²) in [6.45, 7) is 9.50. The summed E-state index contributed by atoms with van der Waals surface area (Å²) >= 11 is 0. The van der Waals surface area contributed by atoms with Gasteiger partial charge in [-0.25, -0.2) is 0 Å². The molecule has 0 spiro atoms. The van der Waals surface area contributed by atoms with Crippen LogP contribution in [-0.2, 0) is 10.8 Å². The lowest BCUT2D eigenvalue weighted by Crippen LogP contribution is -2.32. The molecule has 80 valence electrons. The maximum Gasteiger partial charge on any atom is 0.0386 e. The molecule has 0 rings (SSSR count). The Morgan fingerprint density at radius 3 is 2.31 bits per heavy atom. The molecule has 0 aliphatic rings. The predicted octanol–water partition coefficient (Wildman–Crippen LogP) is 1.78. The number of rotatable bonds is 7. The molecule has 0 fully saturated rings. The van der Waals surface area contributed by atoms with Crippen LogP contribution < -0.4 is 5.32 Å². The van der Waals surface area contributed by atoms with Crippen LogP contribution in [0.1, 0.15) is 34.1 Å². The van der Waals surface area contributed by atoms with Gasteiger partial charge >= 0.3 is 0 Å². The van der Waals surface area contributed by atoms with Gasteiger partial charge in [0, 0.05) is 28.3 Å². The minimum absolute atomic E-state index is 0.388. The molecule has 0 amide bonds. The number of hydrogen-bond donors (Lipinski definition) is 1. The first-order valence-electron chi connectivity index (χ1n) is 5.14. The van der Waals surface area contributed by atoms with E-state index in [1.807, 2.05) is 0 Å². The normalized spacial score (nSPS) is 16.1. The van der Waals surface area contributed by atoms with E-state index in [0.29, 0.717) is 12.0 Å². The highest BCUT2D eigenvalue weighted by Crippen LogP contribution is 1.98. The molecular weight excluding hydrogens is 182 g/mol. The molecule has 0 saturated heterocycles. The summed E-state index contributed by atoms with van der Waals surface area (Å²) in [6.07, 6.45) is 1.14. The molecule has 13 heavy (non-hydrogen) atoms. The Balaban J connectivity index is 3.53. The van der Waals surface area contributed by atoms with Gasteiger partial charge in [-0.1, -0.05) is 20.8 Å². The molecule has 0 heterocycles. The van der Waals surface area contributed by atoms with Gasteiger partial charge in [0.15, 0.2) is 0 Å². The van der Waals surface area contributed by atoms with Gasteiger partial charge in [0.1, 0.15) is 0 Å². The van der Waals surface area contributed by atoms with Gasteiger partial charge < -0.3 is 5.32 Å². The Kier molecular flexibility index (Phi) is 7.57. The van der Waals surface area contributed by atoms with Gasteiger partial charge in [-0.3, -0.25) is 4.21 Å². The summed E-state index contributed by atoms with van der Waals surface area (Å²) in [5.41, 5.74) is 0. The second kappa shape index (κ2) is 7.51. The fraction of sp³-hybridized carbons (Fsp3) is 1.00. The molecule has 0 aromatic carbocycles. The van der Waals surface area contributed by atoms with Gasteiger partial charge in [0.25, 0.3) is 0 Å². The van der Waals surface area contributed by atoms with E-state index in [9.17, 15) is 4.21 Å². The molecular formula is C10H23NOS. The predicted molar refractivity (Wildman–Crippen MR) is 60.5 cm³/mol. The van der Waals surface area contributed by atoms with Crippen molar-refractivity contribution in [3.05, 3.63) is 0 Å². The Hall–Kier alpha value is 0.110.